The van der Waals surface area contributed by atoms with E-state index in [1.54, 1.807) is 6.07 Å². The maximum atomic E-state index is 13.2. The summed E-state index contributed by atoms with van der Waals surface area (Å²) in [6, 6.07) is 7.20. The Labute approximate surface area is 188 Å². The number of nitrogens with zero attached hydrogens (tertiary/aromatic N) is 4. The fourth-order valence-corrected chi connectivity index (χ4v) is 3.61. The first-order valence-electron chi connectivity index (χ1n) is 9.44. The first-order valence-corrected chi connectivity index (χ1v) is 9.44. The van der Waals surface area contributed by atoms with Gasteiger partial charge in [-0.2, -0.15) is 31.8 Å². The molecule has 0 spiro atoms. The van der Waals surface area contributed by atoms with Gasteiger partial charge in [0.2, 0.25) is 12.4 Å². The highest BCUT2D eigenvalue weighted by Crippen LogP contribution is 2.33. The highest BCUT2D eigenvalue weighted by Gasteiger charge is 2.35. The number of ketones is 1. The number of amides is 1. The van der Waals surface area contributed by atoms with E-state index in [2.05, 4.69) is 5.10 Å². The van der Waals surface area contributed by atoms with Crippen molar-refractivity contribution in [2.75, 3.05) is 11.4 Å². The smallest absolute Gasteiger partial charge is 0.305 e. The molecule has 32 heavy (non-hydrogen) atoms. The summed E-state index contributed by atoms with van der Waals surface area (Å²) < 4.78 is 40.9. The molecule has 0 saturated carbocycles. The number of aromatic nitrogens is 3. The van der Waals surface area contributed by atoms with Gasteiger partial charge in [-0.05, 0) is 37.3 Å². The molecule has 1 aromatic carbocycles. The molecule has 1 N–H and O–H groups in total. The zero-order valence-corrected chi connectivity index (χ0v) is 17.9. The molecule has 1 amide bonds. The molecular formula is C21H20F3N4O3S+. The number of Topliss-reactive ketones (excluding diaryl/α,β-unsaturated/α-hetero) is 1. The van der Waals surface area contributed by atoms with Crippen LogP contribution in [0.15, 0.2) is 55.0 Å². The van der Waals surface area contributed by atoms with Gasteiger partial charge in [0, 0.05) is 35.0 Å². The van der Waals surface area contributed by atoms with Crippen molar-refractivity contribution in [3.8, 4) is 0 Å². The van der Waals surface area contributed by atoms with Crippen molar-refractivity contribution in [1.29, 1.82) is 0 Å². The number of anilines is 1. The van der Waals surface area contributed by atoms with E-state index in [4.69, 9.17) is 0 Å². The van der Waals surface area contributed by atoms with E-state index >= 15 is 0 Å². The topological polar surface area (TPSA) is 79.3 Å². The third kappa shape index (κ3) is 4.33. The molecule has 168 valence electrons. The minimum absolute atomic E-state index is 0. The lowest BCUT2D eigenvalue weighted by molar-refractivity contribution is -0.904. The van der Waals surface area contributed by atoms with Crippen LogP contribution in [0, 0.1) is 0 Å². The van der Waals surface area contributed by atoms with Gasteiger partial charge in [-0.25, -0.2) is 0 Å². The molecule has 0 bridgehead atoms. The van der Waals surface area contributed by atoms with Crippen LogP contribution in [0.5, 0.6) is 0 Å². The molecule has 7 nitrogen and oxygen atoms in total. The zero-order chi connectivity index (χ0) is 22.3. The molecule has 1 aliphatic rings. The summed E-state index contributed by atoms with van der Waals surface area (Å²) in [6.45, 7) is 2.06. The van der Waals surface area contributed by atoms with Crippen molar-refractivity contribution in [2.24, 2.45) is 0 Å². The molecule has 0 unspecified atom stereocenters. The summed E-state index contributed by atoms with van der Waals surface area (Å²) in [5.41, 5.74) is 0.431. The Morgan fingerprint density at radius 3 is 2.56 bits per heavy atom. The van der Waals surface area contributed by atoms with Gasteiger partial charge in [0.05, 0.1) is 23.4 Å². The van der Waals surface area contributed by atoms with Crippen molar-refractivity contribution < 1.29 is 32.7 Å². The van der Waals surface area contributed by atoms with Crippen LogP contribution in [-0.2, 0) is 12.6 Å². The van der Waals surface area contributed by atoms with E-state index in [9.17, 15) is 28.0 Å². The van der Waals surface area contributed by atoms with Crippen LogP contribution in [0.2, 0.25) is 0 Å². The van der Waals surface area contributed by atoms with Gasteiger partial charge < -0.3 is 4.90 Å². The standard InChI is InChI=1S/C21H18F3N4O3.H2S/c1-13-11-27(17-6-4-16(5-7-17)21(22,23)24)20(30)19-15(10-25-28(13)19)9-18(29)14-3-2-8-26(31)12-14;/h2-8,10,12-13,31H,9,11H2,1H3;1H2/q+1;/t13-;/m0./s1. The summed E-state index contributed by atoms with van der Waals surface area (Å²) in [7, 11) is 0. The molecule has 0 aliphatic carbocycles. The summed E-state index contributed by atoms with van der Waals surface area (Å²) in [5.74, 6) is -0.755. The number of benzene rings is 1. The Hall–Kier alpha value is -3.34. The maximum Gasteiger partial charge on any atom is 0.416 e. The lowest BCUT2D eigenvalue weighted by Gasteiger charge is -2.32. The van der Waals surface area contributed by atoms with Crippen LogP contribution in [-0.4, -0.2) is 33.2 Å². The largest absolute Gasteiger partial charge is 0.416 e. The van der Waals surface area contributed by atoms with E-state index in [1.165, 1.54) is 46.4 Å². The summed E-state index contributed by atoms with van der Waals surface area (Å²) >= 11 is 0. The normalized spacial score (nSPS) is 15.8. The molecule has 0 saturated heterocycles. The highest BCUT2D eigenvalue weighted by molar-refractivity contribution is 7.59. The second-order valence-electron chi connectivity index (χ2n) is 7.34. The van der Waals surface area contributed by atoms with Crippen LogP contribution >= 0.6 is 13.5 Å². The first kappa shape index (κ1) is 23.3. The number of carbonyl (C=O) groups is 2. The minimum atomic E-state index is -4.46. The number of hydrogen-bond acceptors (Lipinski definition) is 4. The lowest BCUT2D eigenvalue weighted by Crippen LogP contribution is -2.43. The molecule has 0 radical (unpaired) electrons. The van der Waals surface area contributed by atoms with Crippen LogP contribution in [0.1, 0.15) is 44.9 Å². The van der Waals surface area contributed by atoms with Crippen molar-refractivity contribution in [2.45, 2.75) is 25.6 Å². The first-order chi connectivity index (χ1) is 14.6. The molecule has 0 fully saturated rings. The van der Waals surface area contributed by atoms with Crippen LogP contribution in [0.3, 0.4) is 0 Å². The Balaban J connectivity index is 0.00000289. The minimum Gasteiger partial charge on any atom is -0.305 e. The second-order valence-corrected chi connectivity index (χ2v) is 7.34. The van der Waals surface area contributed by atoms with E-state index in [-0.39, 0.29) is 49.5 Å². The fraction of sp³-hybridized carbons (Fsp3) is 0.238. The van der Waals surface area contributed by atoms with Gasteiger partial charge in [0.15, 0.2) is 5.78 Å². The molecule has 1 aliphatic heterocycles. The maximum absolute atomic E-state index is 13.2. The monoisotopic (exact) mass is 465 g/mol. The van der Waals surface area contributed by atoms with E-state index in [0.29, 0.717) is 11.3 Å². The average molecular weight is 465 g/mol. The van der Waals surface area contributed by atoms with Crippen molar-refractivity contribution in [3.05, 3.63) is 77.4 Å². The predicted octanol–water partition coefficient (Wildman–Crippen LogP) is 3.19. The van der Waals surface area contributed by atoms with Crippen molar-refractivity contribution in [1.82, 2.24) is 9.78 Å². The lowest BCUT2D eigenvalue weighted by atomic mass is 10.0. The Morgan fingerprint density at radius 1 is 1.25 bits per heavy atom. The Morgan fingerprint density at radius 2 is 1.94 bits per heavy atom. The number of alkyl halides is 3. The summed E-state index contributed by atoms with van der Waals surface area (Å²) in [4.78, 5) is 27.2. The number of carbonyl (C=O) groups excluding carboxylic acids is 2. The van der Waals surface area contributed by atoms with Crippen LogP contribution in [0.4, 0.5) is 18.9 Å². The van der Waals surface area contributed by atoms with Gasteiger partial charge in [-0.3, -0.25) is 19.5 Å². The molecule has 2 aromatic heterocycles. The van der Waals surface area contributed by atoms with Gasteiger partial charge in [-0.1, -0.05) is 0 Å². The SMILES string of the molecule is C[C@H]1CN(c2ccc(C(F)(F)F)cc2)C(=O)c2c(CC(=O)c3ccc[n+](O)c3)cnn21.S. The average Bonchev–Trinajstić information content (AvgIpc) is 3.14. The van der Waals surface area contributed by atoms with Gasteiger partial charge in [0.25, 0.3) is 5.91 Å². The van der Waals surface area contributed by atoms with Gasteiger partial charge in [-0.15, -0.1) is 0 Å². The quantitative estimate of drug-likeness (QED) is 0.365. The Kier molecular flexibility index (Phi) is 6.31. The van der Waals surface area contributed by atoms with E-state index in [0.717, 1.165) is 16.9 Å². The second kappa shape index (κ2) is 8.65. The third-order valence-corrected chi connectivity index (χ3v) is 5.15. The van der Waals surface area contributed by atoms with E-state index in [1.807, 2.05) is 6.92 Å². The molecule has 4 rings (SSSR count). The van der Waals surface area contributed by atoms with Gasteiger partial charge >= 0.3 is 6.18 Å². The van der Waals surface area contributed by atoms with Crippen LogP contribution in [0.25, 0.3) is 0 Å². The third-order valence-electron chi connectivity index (χ3n) is 5.15. The van der Waals surface area contributed by atoms with Crippen molar-refractivity contribution >= 4 is 30.9 Å². The predicted molar refractivity (Wildman–Crippen MR) is 112 cm³/mol. The zero-order valence-electron chi connectivity index (χ0n) is 16.9. The fourth-order valence-electron chi connectivity index (χ4n) is 3.61. The Bertz CT molecular complexity index is 1160. The number of rotatable bonds is 4. The number of halogens is 3. The number of hydrogen-bond donors (Lipinski definition) is 1. The van der Waals surface area contributed by atoms with Gasteiger partial charge in [0.1, 0.15) is 5.69 Å². The summed E-state index contributed by atoms with van der Waals surface area (Å²) in [6.07, 6.45) is -0.497. The molecule has 3 heterocycles. The molecule has 3 aromatic rings. The molecular weight excluding hydrogens is 445 g/mol. The van der Waals surface area contributed by atoms with E-state index < -0.39 is 17.6 Å². The molecule has 11 heteroatoms. The van der Waals surface area contributed by atoms with Crippen LogP contribution < -0.4 is 9.63 Å². The number of pyridine rings is 1. The number of fused-ring (bicyclic) bond motifs is 1. The van der Waals surface area contributed by atoms with Crippen molar-refractivity contribution in [3.63, 3.8) is 0 Å². The molecule has 1 atom stereocenters. The highest BCUT2D eigenvalue weighted by atomic mass is 32.1. The summed E-state index contributed by atoms with van der Waals surface area (Å²) in [5, 5.41) is 13.7.